The first-order chi connectivity index (χ1) is 9.29. The summed E-state index contributed by atoms with van der Waals surface area (Å²) in [6, 6.07) is 4.27. The van der Waals surface area contributed by atoms with Crippen molar-refractivity contribution in [1.29, 1.82) is 0 Å². The number of hydrogen-bond acceptors (Lipinski definition) is 5. The van der Waals surface area contributed by atoms with E-state index in [9.17, 15) is 13.2 Å². The van der Waals surface area contributed by atoms with Gasteiger partial charge in [0.25, 0.3) is 0 Å². The van der Waals surface area contributed by atoms with Gasteiger partial charge in [-0.3, -0.25) is 4.79 Å². The molecule has 0 unspecified atom stereocenters. The number of amides is 1. The fourth-order valence-corrected chi connectivity index (χ4v) is 2.43. The van der Waals surface area contributed by atoms with E-state index in [0.717, 1.165) is 0 Å². The maximum absolute atomic E-state index is 11.8. The molecule has 1 aromatic rings. The Hall–Kier alpha value is -1.80. The van der Waals surface area contributed by atoms with Crippen LogP contribution in [0.25, 0.3) is 0 Å². The second-order valence-corrected chi connectivity index (χ2v) is 5.75. The first-order valence-corrected chi connectivity index (χ1v) is 7.78. The number of nitrogens with one attached hydrogen (secondary N) is 1. The molecule has 0 heterocycles. The van der Waals surface area contributed by atoms with Crippen molar-refractivity contribution in [1.82, 2.24) is 4.90 Å². The Morgan fingerprint density at radius 1 is 1.30 bits per heavy atom. The highest BCUT2D eigenvalue weighted by molar-refractivity contribution is 7.89. The summed E-state index contributed by atoms with van der Waals surface area (Å²) < 4.78 is 22.4. The molecule has 1 amide bonds. The van der Waals surface area contributed by atoms with Crippen LogP contribution in [0.15, 0.2) is 23.1 Å². The number of hydrogen-bond donors (Lipinski definition) is 3. The fraction of sp³-hybridized carbons (Fsp3) is 0.417. The Bertz CT molecular complexity index is 582. The van der Waals surface area contributed by atoms with Crippen LogP contribution in [0.3, 0.4) is 0 Å². The molecule has 0 saturated heterocycles. The number of anilines is 2. The number of rotatable bonds is 6. The van der Waals surface area contributed by atoms with Crippen molar-refractivity contribution in [3.63, 3.8) is 0 Å². The van der Waals surface area contributed by atoms with Crippen LogP contribution in [-0.2, 0) is 14.8 Å². The molecule has 0 atom stereocenters. The SMILES string of the molecule is CCN(CC)C(=O)CNc1ccc(S(N)(=O)=O)c(N)c1. The minimum Gasteiger partial charge on any atom is -0.398 e. The summed E-state index contributed by atoms with van der Waals surface area (Å²) in [5, 5.41) is 7.92. The van der Waals surface area contributed by atoms with Crippen molar-refractivity contribution < 1.29 is 13.2 Å². The predicted octanol–water partition coefficient (Wildman–Crippen LogP) is 0.197. The number of sulfonamides is 1. The van der Waals surface area contributed by atoms with Crippen LogP contribution in [0.4, 0.5) is 11.4 Å². The highest BCUT2D eigenvalue weighted by atomic mass is 32.2. The Labute approximate surface area is 119 Å². The standard InChI is InChI=1S/C12H20N4O3S/c1-3-16(4-2)12(17)8-15-9-5-6-11(10(13)7-9)20(14,18)19/h5-7,15H,3-4,8,13H2,1-2H3,(H2,14,18,19). The molecular formula is C12H20N4O3S. The quantitative estimate of drug-likeness (QED) is 0.648. The van der Waals surface area contributed by atoms with Crippen molar-refractivity contribution in [2.24, 2.45) is 5.14 Å². The number of carbonyl (C=O) groups excluding carboxylic acids is 1. The van der Waals surface area contributed by atoms with Crippen molar-refractivity contribution in [3.8, 4) is 0 Å². The Balaban J connectivity index is 2.76. The van der Waals surface area contributed by atoms with Gasteiger partial charge in [0.15, 0.2) is 0 Å². The highest BCUT2D eigenvalue weighted by Crippen LogP contribution is 2.21. The summed E-state index contributed by atoms with van der Waals surface area (Å²) in [4.78, 5) is 13.4. The summed E-state index contributed by atoms with van der Waals surface area (Å²) in [6.07, 6.45) is 0. The molecule has 0 aliphatic rings. The van der Waals surface area contributed by atoms with Crippen LogP contribution >= 0.6 is 0 Å². The van der Waals surface area contributed by atoms with Crippen LogP contribution in [0.1, 0.15) is 13.8 Å². The van der Waals surface area contributed by atoms with Crippen LogP contribution in [0.2, 0.25) is 0 Å². The molecule has 1 rings (SSSR count). The number of primary sulfonamides is 1. The van der Waals surface area contributed by atoms with E-state index in [1.807, 2.05) is 13.8 Å². The largest absolute Gasteiger partial charge is 0.398 e. The molecule has 0 aromatic heterocycles. The van der Waals surface area contributed by atoms with Gasteiger partial charge in [-0.1, -0.05) is 0 Å². The van der Waals surface area contributed by atoms with Gasteiger partial charge in [-0.05, 0) is 32.0 Å². The van der Waals surface area contributed by atoms with E-state index < -0.39 is 10.0 Å². The zero-order valence-electron chi connectivity index (χ0n) is 11.6. The molecule has 5 N–H and O–H groups in total. The number of carbonyl (C=O) groups is 1. The predicted molar refractivity (Wildman–Crippen MR) is 78.6 cm³/mol. The van der Waals surface area contributed by atoms with Gasteiger partial charge < -0.3 is 16.0 Å². The van der Waals surface area contributed by atoms with Gasteiger partial charge in [-0.15, -0.1) is 0 Å². The third-order valence-corrected chi connectivity index (χ3v) is 3.86. The normalized spacial score (nSPS) is 11.2. The first kappa shape index (κ1) is 16.3. The molecule has 0 bridgehead atoms. The Morgan fingerprint density at radius 2 is 1.90 bits per heavy atom. The minimum atomic E-state index is -3.83. The van der Waals surface area contributed by atoms with Gasteiger partial charge in [0.05, 0.1) is 12.2 Å². The summed E-state index contributed by atoms with van der Waals surface area (Å²) >= 11 is 0. The van der Waals surface area contributed by atoms with Crippen LogP contribution < -0.4 is 16.2 Å². The second kappa shape index (κ2) is 6.58. The van der Waals surface area contributed by atoms with Crippen molar-refractivity contribution >= 4 is 27.3 Å². The molecule has 0 aliphatic carbocycles. The highest BCUT2D eigenvalue weighted by Gasteiger charge is 2.13. The lowest BCUT2D eigenvalue weighted by atomic mass is 10.3. The van der Waals surface area contributed by atoms with E-state index in [4.69, 9.17) is 10.9 Å². The molecule has 0 spiro atoms. The second-order valence-electron chi connectivity index (χ2n) is 4.22. The van der Waals surface area contributed by atoms with E-state index in [1.54, 1.807) is 4.90 Å². The van der Waals surface area contributed by atoms with Gasteiger partial charge in [-0.2, -0.15) is 0 Å². The van der Waals surface area contributed by atoms with Crippen LogP contribution in [-0.4, -0.2) is 38.9 Å². The number of nitrogen functional groups attached to an aromatic ring is 1. The first-order valence-electron chi connectivity index (χ1n) is 6.23. The summed E-state index contributed by atoms with van der Waals surface area (Å²) in [5.74, 6) is -0.0379. The molecule has 20 heavy (non-hydrogen) atoms. The molecule has 1 aromatic carbocycles. The molecule has 7 nitrogen and oxygen atoms in total. The topological polar surface area (TPSA) is 119 Å². The molecule has 8 heteroatoms. The maximum Gasteiger partial charge on any atom is 0.241 e. The Kier molecular flexibility index (Phi) is 5.34. The number of nitrogens with two attached hydrogens (primary N) is 2. The Morgan fingerprint density at radius 3 is 2.35 bits per heavy atom. The van der Waals surface area contributed by atoms with E-state index in [2.05, 4.69) is 5.32 Å². The van der Waals surface area contributed by atoms with E-state index in [0.29, 0.717) is 18.8 Å². The minimum absolute atomic E-state index is 0.0379. The third-order valence-electron chi connectivity index (χ3n) is 2.88. The smallest absolute Gasteiger partial charge is 0.241 e. The monoisotopic (exact) mass is 300 g/mol. The molecule has 112 valence electrons. The molecule has 0 fully saturated rings. The fourth-order valence-electron chi connectivity index (χ4n) is 1.78. The molecule has 0 aliphatic heterocycles. The van der Waals surface area contributed by atoms with Crippen LogP contribution in [0.5, 0.6) is 0 Å². The summed E-state index contributed by atoms with van der Waals surface area (Å²) in [6.45, 7) is 5.21. The van der Waals surface area contributed by atoms with Gasteiger partial charge in [-0.25, -0.2) is 13.6 Å². The summed E-state index contributed by atoms with van der Waals surface area (Å²) in [5.41, 5.74) is 6.25. The average molecular weight is 300 g/mol. The van der Waals surface area contributed by atoms with Crippen molar-refractivity contribution in [2.75, 3.05) is 30.7 Å². The molecule has 0 radical (unpaired) electrons. The van der Waals surface area contributed by atoms with Crippen molar-refractivity contribution in [2.45, 2.75) is 18.7 Å². The van der Waals surface area contributed by atoms with Gasteiger partial charge in [0, 0.05) is 18.8 Å². The lowest BCUT2D eigenvalue weighted by Gasteiger charge is -2.19. The lowest BCUT2D eigenvalue weighted by Crippen LogP contribution is -2.35. The van der Waals surface area contributed by atoms with Gasteiger partial charge in [0.1, 0.15) is 4.90 Å². The van der Waals surface area contributed by atoms with Crippen LogP contribution in [0, 0.1) is 0 Å². The zero-order chi connectivity index (χ0) is 15.3. The third kappa shape index (κ3) is 4.10. The number of likely N-dealkylation sites (N-methyl/N-ethyl adjacent to an activating group) is 1. The number of nitrogens with zero attached hydrogens (tertiary/aromatic N) is 1. The maximum atomic E-state index is 11.8. The molecule has 0 saturated carbocycles. The van der Waals surface area contributed by atoms with Gasteiger partial charge in [0.2, 0.25) is 15.9 Å². The van der Waals surface area contributed by atoms with Gasteiger partial charge >= 0.3 is 0 Å². The number of benzene rings is 1. The summed E-state index contributed by atoms with van der Waals surface area (Å²) in [7, 11) is -3.83. The molecular weight excluding hydrogens is 280 g/mol. The van der Waals surface area contributed by atoms with E-state index in [-0.39, 0.29) is 23.0 Å². The van der Waals surface area contributed by atoms with E-state index >= 15 is 0 Å². The van der Waals surface area contributed by atoms with E-state index in [1.165, 1.54) is 18.2 Å². The van der Waals surface area contributed by atoms with Crippen molar-refractivity contribution in [3.05, 3.63) is 18.2 Å². The lowest BCUT2D eigenvalue weighted by molar-refractivity contribution is -0.128. The zero-order valence-corrected chi connectivity index (χ0v) is 12.4. The average Bonchev–Trinajstić information content (AvgIpc) is 2.36.